The van der Waals surface area contributed by atoms with Gasteiger partial charge in [-0.3, -0.25) is 4.79 Å². The first-order valence-electron chi connectivity index (χ1n) is 9.78. The van der Waals surface area contributed by atoms with Crippen LogP contribution in [0.4, 0.5) is 0 Å². The molecule has 0 saturated carbocycles. The number of rotatable bonds is 6. The average molecular weight is 395 g/mol. The van der Waals surface area contributed by atoms with E-state index < -0.39 is 0 Å². The molecule has 0 aliphatic carbocycles. The molecule has 6 heteroatoms. The summed E-state index contributed by atoms with van der Waals surface area (Å²) in [7, 11) is 1.61. The summed E-state index contributed by atoms with van der Waals surface area (Å²) < 4.78 is 22.1. The van der Waals surface area contributed by atoms with Gasteiger partial charge in [0.25, 0.3) is 0 Å². The molecule has 1 N–H and O–H groups in total. The molecular weight excluding hydrogens is 370 g/mol. The smallest absolute Gasteiger partial charge is 0.225 e. The molecule has 2 heterocycles. The second-order valence-corrected chi connectivity index (χ2v) is 7.49. The van der Waals surface area contributed by atoms with Crippen molar-refractivity contribution >= 4 is 16.9 Å². The predicted molar refractivity (Wildman–Crippen MR) is 110 cm³/mol. The highest BCUT2D eigenvalue weighted by molar-refractivity contribution is 5.88. The van der Waals surface area contributed by atoms with Gasteiger partial charge in [0.2, 0.25) is 5.91 Å². The summed E-state index contributed by atoms with van der Waals surface area (Å²) >= 11 is 0. The summed E-state index contributed by atoms with van der Waals surface area (Å²) in [6.07, 6.45) is 1.88. The molecule has 3 aromatic rings. The first kappa shape index (κ1) is 19.2. The number of amides is 1. The lowest BCUT2D eigenvalue weighted by molar-refractivity contribution is -0.121. The summed E-state index contributed by atoms with van der Waals surface area (Å²) in [5.74, 6) is 2.35. The van der Waals surface area contributed by atoms with E-state index >= 15 is 0 Å². The van der Waals surface area contributed by atoms with Crippen LogP contribution in [0.15, 0.2) is 47.1 Å². The lowest BCUT2D eigenvalue weighted by Crippen LogP contribution is -2.33. The highest BCUT2D eigenvalue weighted by Crippen LogP contribution is 2.34. The molecule has 1 amide bonds. The van der Waals surface area contributed by atoms with E-state index in [0.29, 0.717) is 18.8 Å². The minimum atomic E-state index is -0.128. The SMILES string of the molecule is COc1ccc2c(CC(=O)N[C@@H](c3ccc4c(c3)OCCO4)C(C)C)coc2c1. The molecule has 0 saturated heterocycles. The largest absolute Gasteiger partial charge is 0.497 e. The van der Waals surface area contributed by atoms with E-state index in [1.165, 1.54) is 0 Å². The van der Waals surface area contributed by atoms with E-state index in [2.05, 4.69) is 19.2 Å². The molecule has 152 valence electrons. The Morgan fingerprint density at radius 3 is 2.66 bits per heavy atom. The fourth-order valence-corrected chi connectivity index (χ4v) is 3.61. The van der Waals surface area contributed by atoms with Crippen molar-refractivity contribution in [1.82, 2.24) is 5.32 Å². The zero-order valence-corrected chi connectivity index (χ0v) is 16.9. The third kappa shape index (κ3) is 4.01. The van der Waals surface area contributed by atoms with E-state index in [0.717, 1.165) is 33.8 Å². The van der Waals surface area contributed by atoms with E-state index in [1.807, 2.05) is 36.4 Å². The Morgan fingerprint density at radius 2 is 1.90 bits per heavy atom. The molecule has 0 unspecified atom stereocenters. The molecule has 4 rings (SSSR count). The highest BCUT2D eigenvalue weighted by atomic mass is 16.6. The molecule has 0 radical (unpaired) electrons. The molecule has 2 aromatic carbocycles. The van der Waals surface area contributed by atoms with E-state index in [1.54, 1.807) is 13.4 Å². The van der Waals surface area contributed by atoms with Crippen LogP contribution in [-0.2, 0) is 11.2 Å². The number of hydrogen-bond donors (Lipinski definition) is 1. The number of carbonyl (C=O) groups excluding carboxylic acids is 1. The first-order valence-corrected chi connectivity index (χ1v) is 9.78. The molecule has 1 aliphatic heterocycles. The Kier molecular flexibility index (Phi) is 5.34. The van der Waals surface area contributed by atoms with E-state index in [9.17, 15) is 4.79 Å². The van der Waals surface area contributed by atoms with Crippen LogP contribution in [0.2, 0.25) is 0 Å². The van der Waals surface area contributed by atoms with Gasteiger partial charge < -0.3 is 23.9 Å². The van der Waals surface area contributed by atoms with Gasteiger partial charge in [0, 0.05) is 17.0 Å². The van der Waals surface area contributed by atoms with Gasteiger partial charge in [0.15, 0.2) is 11.5 Å². The van der Waals surface area contributed by atoms with Gasteiger partial charge in [0.05, 0.1) is 25.8 Å². The summed E-state index contributed by atoms with van der Waals surface area (Å²) in [5.41, 5.74) is 2.56. The Labute approximate surface area is 169 Å². The monoisotopic (exact) mass is 395 g/mol. The number of carbonyl (C=O) groups is 1. The highest BCUT2D eigenvalue weighted by Gasteiger charge is 2.22. The van der Waals surface area contributed by atoms with Gasteiger partial charge in [-0.25, -0.2) is 0 Å². The Bertz CT molecular complexity index is 1020. The number of ether oxygens (including phenoxy) is 3. The lowest BCUT2D eigenvalue weighted by atomic mass is 9.95. The van der Waals surface area contributed by atoms with Crippen molar-refractivity contribution in [2.75, 3.05) is 20.3 Å². The van der Waals surface area contributed by atoms with Crippen LogP contribution in [-0.4, -0.2) is 26.2 Å². The topological polar surface area (TPSA) is 69.9 Å². The van der Waals surface area contributed by atoms with Gasteiger partial charge in [-0.05, 0) is 35.7 Å². The fourth-order valence-electron chi connectivity index (χ4n) is 3.61. The number of furan rings is 1. The van der Waals surface area contributed by atoms with Crippen molar-refractivity contribution in [2.45, 2.75) is 26.3 Å². The van der Waals surface area contributed by atoms with Crippen LogP contribution >= 0.6 is 0 Å². The third-order valence-electron chi connectivity index (χ3n) is 5.12. The van der Waals surface area contributed by atoms with Crippen LogP contribution < -0.4 is 19.5 Å². The number of benzene rings is 2. The van der Waals surface area contributed by atoms with E-state index in [-0.39, 0.29) is 24.3 Å². The zero-order chi connectivity index (χ0) is 20.4. The van der Waals surface area contributed by atoms with Crippen molar-refractivity contribution in [3.05, 3.63) is 53.8 Å². The van der Waals surface area contributed by atoms with Gasteiger partial charge in [-0.1, -0.05) is 19.9 Å². The molecular formula is C23H25NO5. The van der Waals surface area contributed by atoms with Gasteiger partial charge >= 0.3 is 0 Å². The summed E-state index contributed by atoms with van der Waals surface area (Å²) in [6, 6.07) is 11.3. The minimum absolute atomic E-state index is 0.0582. The normalized spacial score (nSPS) is 14.1. The summed E-state index contributed by atoms with van der Waals surface area (Å²) in [5, 5.41) is 4.08. The first-order chi connectivity index (χ1) is 14.0. The van der Waals surface area contributed by atoms with Crippen LogP contribution in [0, 0.1) is 5.92 Å². The second-order valence-electron chi connectivity index (χ2n) is 7.49. The average Bonchev–Trinajstić information content (AvgIpc) is 3.13. The van der Waals surface area contributed by atoms with Crippen molar-refractivity contribution in [3.63, 3.8) is 0 Å². The van der Waals surface area contributed by atoms with Crippen LogP contribution in [0.5, 0.6) is 17.2 Å². The number of methoxy groups -OCH3 is 1. The zero-order valence-electron chi connectivity index (χ0n) is 16.9. The minimum Gasteiger partial charge on any atom is -0.497 e. The van der Waals surface area contributed by atoms with Crippen molar-refractivity contribution in [3.8, 4) is 17.2 Å². The standard InChI is InChI=1S/C23H25NO5/c1-14(2)23(15-4-7-19-21(10-15)28-9-8-27-19)24-22(25)11-16-13-29-20-12-17(26-3)5-6-18(16)20/h4-7,10,12-14,23H,8-9,11H2,1-3H3,(H,24,25)/t23-/m1/s1. The third-order valence-corrected chi connectivity index (χ3v) is 5.12. The summed E-state index contributed by atoms with van der Waals surface area (Å²) in [6.45, 7) is 5.26. The van der Waals surface area contributed by atoms with Gasteiger partial charge in [-0.2, -0.15) is 0 Å². The maximum Gasteiger partial charge on any atom is 0.225 e. The fraction of sp³-hybridized carbons (Fsp3) is 0.348. The molecule has 1 atom stereocenters. The van der Waals surface area contributed by atoms with Crippen LogP contribution in [0.3, 0.4) is 0 Å². The van der Waals surface area contributed by atoms with Crippen LogP contribution in [0.25, 0.3) is 11.0 Å². The Balaban J connectivity index is 1.51. The molecule has 29 heavy (non-hydrogen) atoms. The van der Waals surface area contributed by atoms with E-state index in [4.69, 9.17) is 18.6 Å². The molecule has 6 nitrogen and oxygen atoms in total. The van der Waals surface area contributed by atoms with Crippen molar-refractivity contribution < 1.29 is 23.4 Å². The summed E-state index contributed by atoms with van der Waals surface area (Å²) in [4.78, 5) is 12.8. The van der Waals surface area contributed by atoms with Gasteiger partial charge in [0.1, 0.15) is 24.5 Å². The molecule has 0 bridgehead atoms. The maximum absolute atomic E-state index is 12.8. The molecule has 1 aromatic heterocycles. The number of fused-ring (bicyclic) bond motifs is 2. The Hall–Kier alpha value is -3.15. The second kappa shape index (κ2) is 8.07. The maximum atomic E-state index is 12.8. The van der Waals surface area contributed by atoms with Crippen molar-refractivity contribution in [1.29, 1.82) is 0 Å². The number of nitrogens with one attached hydrogen (secondary N) is 1. The molecule has 0 spiro atoms. The lowest BCUT2D eigenvalue weighted by Gasteiger charge is -2.25. The van der Waals surface area contributed by atoms with Crippen LogP contribution in [0.1, 0.15) is 31.0 Å². The van der Waals surface area contributed by atoms with Gasteiger partial charge in [-0.15, -0.1) is 0 Å². The Morgan fingerprint density at radius 1 is 1.10 bits per heavy atom. The predicted octanol–water partition coefficient (Wildman–Crippen LogP) is 4.27. The van der Waals surface area contributed by atoms with Crippen molar-refractivity contribution in [2.24, 2.45) is 5.92 Å². The molecule has 1 aliphatic rings. The molecule has 0 fully saturated rings. The quantitative estimate of drug-likeness (QED) is 0.675. The number of hydrogen-bond acceptors (Lipinski definition) is 5.